The molecule has 1 fully saturated rings. The lowest BCUT2D eigenvalue weighted by molar-refractivity contribution is -0.121. The molecule has 1 aliphatic rings. The summed E-state index contributed by atoms with van der Waals surface area (Å²) in [6, 6.07) is 6.10. The Morgan fingerprint density at radius 2 is 1.71 bits per heavy atom. The summed E-state index contributed by atoms with van der Waals surface area (Å²) in [4.78, 5) is 13.5. The van der Waals surface area contributed by atoms with Gasteiger partial charge in [0.2, 0.25) is 5.91 Å². The Labute approximate surface area is 149 Å². The third-order valence-corrected chi connectivity index (χ3v) is 5.58. The van der Waals surface area contributed by atoms with E-state index in [-0.39, 0.29) is 11.2 Å². The lowest BCUT2D eigenvalue weighted by Gasteiger charge is -2.23. The van der Waals surface area contributed by atoms with E-state index in [9.17, 15) is 4.79 Å². The van der Waals surface area contributed by atoms with Crippen LogP contribution in [0, 0.1) is 0 Å². The van der Waals surface area contributed by atoms with Gasteiger partial charge >= 0.3 is 0 Å². The highest BCUT2D eigenvalue weighted by Gasteiger charge is 2.20. The van der Waals surface area contributed by atoms with E-state index < -0.39 is 0 Å². The monoisotopic (exact) mass is 351 g/mol. The number of hydrogen-bond donors (Lipinski definition) is 1. The number of rotatable bonds is 6. The molecule has 0 aliphatic heterocycles. The van der Waals surface area contributed by atoms with E-state index in [1.165, 1.54) is 32.1 Å². The number of carbonyl (C=O) groups is 1. The molecule has 5 heteroatoms. The van der Waals surface area contributed by atoms with Crippen LogP contribution < -0.4 is 14.8 Å². The molecule has 0 heterocycles. The van der Waals surface area contributed by atoms with Gasteiger partial charge in [0.1, 0.15) is 0 Å². The van der Waals surface area contributed by atoms with Crippen molar-refractivity contribution in [2.75, 3.05) is 14.2 Å². The van der Waals surface area contributed by atoms with Crippen LogP contribution in [0.5, 0.6) is 11.5 Å². The Bertz CT molecular complexity index is 527. The van der Waals surface area contributed by atoms with Gasteiger partial charge in [-0.15, -0.1) is 11.8 Å². The fourth-order valence-corrected chi connectivity index (χ4v) is 3.97. The predicted molar refractivity (Wildman–Crippen MR) is 99.1 cm³/mol. The van der Waals surface area contributed by atoms with Crippen molar-refractivity contribution in [3.05, 3.63) is 18.2 Å². The van der Waals surface area contributed by atoms with Crippen molar-refractivity contribution in [2.45, 2.75) is 68.1 Å². The molecule has 1 aromatic rings. The number of carbonyl (C=O) groups excluding carboxylic acids is 1. The predicted octanol–water partition coefficient (Wildman–Crippen LogP) is 4.41. The molecule has 1 atom stereocenters. The number of methoxy groups -OCH3 is 2. The van der Waals surface area contributed by atoms with Gasteiger partial charge in [-0.05, 0) is 38.0 Å². The first-order chi connectivity index (χ1) is 11.6. The number of hydrogen-bond acceptors (Lipinski definition) is 4. The molecule has 0 unspecified atom stereocenters. The first-order valence-corrected chi connectivity index (χ1v) is 9.71. The average molecular weight is 352 g/mol. The second-order valence-corrected chi connectivity index (χ2v) is 7.74. The minimum atomic E-state index is -0.131. The molecule has 4 nitrogen and oxygen atoms in total. The molecule has 1 aliphatic carbocycles. The lowest BCUT2D eigenvalue weighted by atomic mass is 9.97. The molecular formula is C19H29NO3S. The van der Waals surface area contributed by atoms with Crippen molar-refractivity contribution >= 4 is 17.7 Å². The summed E-state index contributed by atoms with van der Waals surface area (Å²) in [6.45, 7) is 1.96. The van der Waals surface area contributed by atoms with Crippen LogP contribution in [0.4, 0.5) is 0 Å². The third kappa shape index (κ3) is 5.62. The summed E-state index contributed by atoms with van der Waals surface area (Å²) in [5, 5.41) is 3.11. The van der Waals surface area contributed by atoms with Crippen LogP contribution >= 0.6 is 11.8 Å². The lowest BCUT2D eigenvalue weighted by Crippen LogP contribution is -2.39. The Hall–Kier alpha value is -1.36. The maximum atomic E-state index is 12.5. The molecule has 0 aromatic heterocycles. The van der Waals surface area contributed by atoms with Crippen LogP contribution in [-0.2, 0) is 4.79 Å². The molecule has 1 amide bonds. The van der Waals surface area contributed by atoms with Gasteiger partial charge in [0.05, 0.1) is 19.5 Å². The SMILES string of the molecule is COc1ccc(S[C@H](C)C(=O)NC2CCCCCCC2)cc1OC. The van der Waals surface area contributed by atoms with E-state index in [0.717, 1.165) is 17.7 Å². The van der Waals surface area contributed by atoms with Crippen LogP contribution in [0.1, 0.15) is 51.9 Å². The summed E-state index contributed by atoms with van der Waals surface area (Å²) in [6.07, 6.45) is 8.60. The van der Waals surface area contributed by atoms with Gasteiger partial charge in [0.25, 0.3) is 0 Å². The van der Waals surface area contributed by atoms with E-state index in [0.29, 0.717) is 17.5 Å². The Morgan fingerprint density at radius 3 is 2.33 bits per heavy atom. The first kappa shape index (κ1) is 19.0. The zero-order valence-electron chi connectivity index (χ0n) is 15.0. The van der Waals surface area contributed by atoms with Crippen molar-refractivity contribution in [1.29, 1.82) is 0 Å². The molecule has 1 saturated carbocycles. The van der Waals surface area contributed by atoms with E-state index in [4.69, 9.17) is 9.47 Å². The molecule has 0 spiro atoms. The molecule has 1 aromatic carbocycles. The summed E-state index contributed by atoms with van der Waals surface area (Å²) < 4.78 is 10.6. The standard InChI is InChI=1S/C19H29NO3S/c1-14(19(21)20-15-9-7-5-4-6-8-10-15)24-16-11-12-17(22-2)18(13-16)23-3/h11-15H,4-10H2,1-3H3,(H,20,21)/t14-/m1/s1. The average Bonchev–Trinajstić information content (AvgIpc) is 2.56. The topological polar surface area (TPSA) is 47.6 Å². The van der Waals surface area contributed by atoms with Crippen LogP contribution in [0.25, 0.3) is 0 Å². The third-order valence-electron chi connectivity index (χ3n) is 4.49. The number of nitrogens with one attached hydrogen (secondary N) is 1. The highest BCUT2D eigenvalue weighted by molar-refractivity contribution is 8.00. The maximum Gasteiger partial charge on any atom is 0.233 e. The molecule has 1 N–H and O–H groups in total. The van der Waals surface area contributed by atoms with Crippen LogP contribution in [0.15, 0.2) is 23.1 Å². The molecule has 134 valence electrons. The highest BCUT2D eigenvalue weighted by atomic mass is 32.2. The van der Waals surface area contributed by atoms with Gasteiger partial charge in [-0.1, -0.05) is 32.1 Å². The van der Waals surface area contributed by atoms with E-state index in [2.05, 4.69) is 5.32 Å². The van der Waals surface area contributed by atoms with Crippen LogP contribution in [0.3, 0.4) is 0 Å². The Balaban J connectivity index is 1.90. The minimum absolute atomic E-state index is 0.125. The van der Waals surface area contributed by atoms with Gasteiger partial charge in [0, 0.05) is 10.9 Å². The van der Waals surface area contributed by atoms with Crippen molar-refractivity contribution < 1.29 is 14.3 Å². The molecule has 24 heavy (non-hydrogen) atoms. The zero-order valence-corrected chi connectivity index (χ0v) is 15.8. The normalized spacial score (nSPS) is 17.5. The quantitative estimate of drug-likeness (QED) is 0.771. The minimum Gasteiger partial charge on any atom is -0.493 e. The largest absolute Gasteiger partial charge is 0.493 e. The second-order valence-electron chi connectivity index (χ2n) is 6.33. The number of amides is 1. The number of benzene rings is 1. The Kier molecular flexibility index (Phi) is 7.76. The first-order valence-electron chi connectivity index (χ1n) is 8.83. The van der Waals surface area contributed by atoms with Crippen LogP contribution in [0.2, 0.25) is 0 Å². The van der Waals surface area contributed by atoms with Gasteiger partial charge in [-0.2, -0.15) is 0 Å². The second kappa shape index (κ2) is 9.82. The van der Waals surface area contributed by atoms with E-state index in [1.807, 2.05) is 25.1 Å². The van der Waals surface area contributed by atoms with E-state index in [1.54, 1.807) is 26.0 Å². The smallest absolute Gasteiger partial charge is 0.233 e. The number of ether oxygens (including phenoxy) is 2. The molecule has 0 saturated heterocycles. The van der Waals surface area contributed by atoms with Gasteiger partial charge in [0.15, 0.2) is 11.5 Å². The molecule has 2 rings (SSSR count). The Morgan fingerprint density at radius 1 is 1.08 bits per heavy atom. The van der Waals surface area contributed by atoms with Gasteiger partial charge in [-0.25, -0.2) is 0 Å². The summed E-state index contributed by atoms with van der Waals surface area (Å²) in [7, 11) is 3.24. The van der Waals surface area contributed by atoms with Gasteiger partial charge < -0.3 is 14.8 Å². The van der Waals surface area contributed by atoms with Gasteiger partial charge in [-0.3, -0.25) is 4.79 Å². The summed E-state index contributed by atoms with van der Waals surface area (Å²) >= 11 is 1.55. The fraction of sp³-hybridized carbons (Fsp3) is 0.632. The van der Waals surface area contributed by atoms with E-state index >= 15 is 0 Å². The zero-order chi connectivity index (χ0) is 17.4. The molecule has 0 radical (unpaired) electrons. The summed E-state index contributed by atoms with van der Waals surface area (Å²) in [5.41, 5.74) is 0. The number of thioether (sulfide) groups is 1. The molecular weight excluding hydrogens is 322 g/mol. The van der Waals surface area contributed by atoms with Crippen molar-refractivity contribution in [3.63, 3.8) is 0 Å². The summed E-state index contributed by atoms with van der Waals surface area (Å²) in [5.74, 6) is 1.52. The van der Waals surface area contributed by atoms with Crippen molar-refractivity contribution in [1.82, 2.24) is 5.32 Å². The van der Waals surface area contributed by atoms with Crippen molar-refractivity contribution in [3.8, 4) is 11.5 Å². The maximum absolute atomic E-state index is 12.5. The highest BCUT2D eigenvalue weighted by Crippen LogP contribution is 2.33. The fourth-order valence-electron chi connectivity index (χ4n) is 3.07. The molecule has 0 bridgehead atoms. The van der Waals surface area contributed by atoms with Crippen molar-refractivity contribution in [2.24, 2.45) is 0 Å². The van der Waals surface area contributed by atoms with Crippen LogP contribution in [-0.4, -0.2) is 31.4 Å².